The monoisotopic (exact) mass is 340 g/mol. The van der Waals surface area contributed by atoms with Crippen LogP contribution in [0, 0.1) is 35.5 Å². The van der Waals surface area contributed by atoms with E-state index in [1.54, 1.807) is 0 Å². The van der Waals surface area contributed by atoms with Crippen molar-refractivity contribution >= 4 is 17.7 Å². The summed E-state index contributed by atoms with van der Waals surface area (Å²) in [6, 6.07) is 6.01. The number of nitrogens with one attached hydrogen (secondary N) is 1. The van der Waals surface area contributed by atoms with E-state index in [9.17, 15) is 18.8 Å². The van der Waals surface area contributed by atoms with E-state index in [1.807, 2.05) is 0 Å². The molecule has 6 atom stereocenters. The van der Waals surface area contributed by atoms with Crippen molar-refractivity contribution in [1.82, 2.24) is 10.4 Å². The van der Waals surface area contributed by atoms with Crippen LogP contribution in [0.25, 0.3) is 0 Å². The fourth-order valence-electron chi connectivity index (χ4n) is 4.98. The smallest absolute Gasteiger partial charge is 0.270 e. The molecule has 128 valence electrons. The predicted octanol–water partition coefficient (Wildman–Crippen LogP) is 1.85. The number of halogens is 1. The van der Waals surface area contributed by atoms with Gasteiger partial charge in [-0.3, -0.25) is 19.8 Å². The number of rotatable bonds is 3. The summed E-state index contributed by atoms with van der Waals surface area (Å²) in [6.45, 7) is -0.605. The lowest BCUT2D eigenvalue weighted by Gasteiger charge is -2.37. The Balaban J connectivity index is 1.37. The van der Waals surface area contributed by atoms with E-state index in [0.29, 0.717) is 17.4 Å². The van der Waals surface area contributed by atoms with Gasteiger partial charge in [0.1, 0.15) is 6.67 Å². The number of carbonyl (C=O) groups excluding carboxylic acids is 3. The van der Waals surface area contributed by atoms with Crippen LogP contribution in [0.3, 0.4) is 0 Å². The molecule has 0 aromatic heterocycles. The van der Waals surface area contributed by atoms with Gasteiger partial charge in [-0.25, -0.2) is 4.39 Å². The van der Waals surface area contributed by atoms with E-state index >= 15 is 0 Å². The van der Waals surface area contributed by atoms with Gasteiger partial charge in [-0.15, -0.1) is 0 Å². The lowest BCUT2D eigenvalue weighted by Crippen LogP contribution is -2.46. The minimum atomic E-state index is -0.605. The maximum absolute atomic E-state index is 12.8. The first-order valence-corrected chi connectivity index (χ1v) is 8.62. The molecule has 1 aliphatic heterocycles. The van der Waals surface area contributed by atoms with E-state index in [4.69, 9.17) is 0 Å². The van der Waals surface area contributed by atoms with Gasteiger partial charge in [-0.1, -0.05) is 24.3 Å². The number of hydrogen-bond acceptors (Lipinski definition) is 3. The molecule has 5 nitrogen and oxygen atoms in total. The molecule has 3 fully saturated rings. The average molecular weight is 340 g/mol. The van der Waals surface area contributed by atoms with Crippen LogP contribution < -0.4 is 5.43 Å². The summed E-state index contributed by atoms with van der Waals surface area (Å²) in [5.41, 5.74) is 3.22. The lowest BCUT2D eigenvalue weighted by atomic mass is 9.63. The molecule has 1 saturated heterocycles. The third-order valence-electron chi connectivity index (χ3n) is 6.25. The quantitative estimate of drug-likeness (QED) is 0.675. The fourth-order valence-corrected chi connectivity index (χ4v) is 4.98. The molecule has 0 spiro atoms. The molecule has 5 aliphatic rings. The van der Waals surface area contributed by atoms with Crippen molar-refractivity contribution in [3.05, 3.63) is 47.5 Å². The lowest BCUT2D eigenvalue weighted by molar-refractivity contribution is -0.143. The Morgan fingerprint density at radius 3 is 2.12 bits per heavy atom. The molecule has 1 N–H and O–H groups in total. The Hall–Kier alpha value is -2.50. The topological polar surface area (TPSA) is 66.5 Å². The highest BCUT2D eigenvalue weighted by molar-refractivity contribution is 6.08. The molecule has 3 amide bonds. The minimum Gasteiger partial charge on any atom is -0.272 e. The normalized spacial score (nSPS) is 37.1. The second kappa shape index (κ2) is 5.00. The molecule has 1 heterocycles. The molecule has 1 aromatic rings. The summed E-state index contributed by atoms with van der Waals surface area (Å²) < 4.78 is 12.6. The molecule has 6 rings (SSSR count). The van der Waals surface area contributed by atoms with Crippen LogP contribution in [0.5, 0.6) is 0 Å². The summed E-state index contributed by atoms with van der Waals surface area (Å²) in [4.78, 5) is 37.9. The first kappa shape index (κ1) is 14.8. The van der Waals surface area contributed by atoms with Gasteiger partial charge < -0.3 is 0 Å². The molecule has 1 aromatic carbocycles. The van der Waals surface area contributed by atoms with Crippen molar-refractivity contribution in [2.75, 3.05) is 0 Å². The maximum Gasteiger partial charge on any atom is 0.270 e. The predicted molar refractivity (Wildman–Crippen MR) is 85.3 cm³/mol. The highest BCUT2D eigenvalue weighted by Gasteiger charge is 2.67. The molecule has 6 heteroatoms. The first-order chi connectivity index (χ1) is 12.1. The van der Waals surface area contributed by atoms with Gasteiger partial charge in [-0.05, 0) is 47.8 Å². The van der Waals surface area contributed by atoms with Crippen molar-refractivity contribution in [2.45, 2.75) is 13.1 Å². The number of alkyl halides is 1. The summed E-state index contributed by atoms with van der Waals surface area (Å²) in [5.74, 6) is -0.489. The van der Waals surface area contributed by atoms with E-state index in [-0.39, 0.29) is 41.0 Å². The largest absolute Gasteiger partial charge is 0.272 e. The van der Waals surface area contributed by atoms with E-state index in [0.717, 1.165) is 11.4 Å². The van der Waals surface area contributed by atoms with Crippen LogP contribution in [0.15, 0.2) is 36.4 Å². The van der Waals surface area contributed by atoms with Gasteiger partial charge in [0.2, 0.25) is 0 Å². The summed E-state index contributed by atoms with van der Waals surface area (Å²) in [5, 5.41) is 0.915. The maximum atomic E-state index is 12.8. The summed E-state index contributed by atoms with van der Waals surface area (Å²) in [6.07, 6.45) is 5.28. The highest BCUT2D eigenvalue weighted by Crippen LogP contribution is 2.65. The third kappa shape index (κ3) is 1.97. The number of allylic oxidation sites excluding steroid dienone is 2. The molecule has 0 radical (unpaired) electrons. The van der Waals surface area contributed by atoms with Crippen LogP contribution >= 0.6 is 0 Å². The minimum absolute atomic E-state index is 0.127. The van der Waals surface area contributed by atoms with Gasteiger partial charge in [0.25, 0.3) is 17.7 Å². The molecule has 25 heavy (non-hydrogen) atoms. The van der Waals surface area contributed by atoms with Crippen LogP contribution in [-0.2, 0) is 16.3 Å². The molecule has 2 saturated carbocycles. The zero-order valence-electron chi connectivity index (χ0n) is 13.4. The number of amides is 3. The molecular weight excluding hydrogens is 323 g/mol. The van der Waals surface area contributed by atoms with Crippen LogP contribution in [0.1, 0.15) is 22.3 Å². The Morgan fingerprint density at radius 1 is 1.04 bits per heavy atom. The molecule has 4 aliphatic carbocycles. The van der Waals surface area contributed by atoms with Crippen molar-refractivity contribution < 1.29 is 18.8 Å². The zero-order valence-corrected chi connectivity index (χ0v) is 13.4. The third-order valence-corrected chi connectivity index (χ3v) is 6.25. The zero-order chi connectivity index (χ0) is 17.3. The van der Waals surface area contributed by atoms with Crippen LogP contribution in [0.2, 0.25) is 0 Å². The second-order valence-corrected chi connectivity index (χ2v) is 7.44. The van der Waals surface area contributed by atoms with Crippen LogP contribution in [0.4, 0.5) is 4.39 Å². The van der Waals surface area contributed by atoms with Gasteiger partial charge in [0.15, 0.2) is 0 Å². The second-order valence-electron chi connectivity index (χ2n) is 7.44. The Labute approximate surface area is 143 Å². The van der Waals surface area contributed by atoms with Gasteiger partial charge in [0.05, 0.1) is 11.8 Å². The molecular formula is C19H17FN2O3. The highest BCUT2D eigenvalue weighted by atomic mass is 19.1. The number of carbonyl (C=O) groups is 3. The summed E-state index contributed by atoms with van der Waals surface area (Å²) >= 11 is 0. The van der Waals surface area contributed by atoms with Gasteiger partial charge >= 0.3 is 0 Å². The summed E-state index contributed by atoms with van der Waals surface area (Å²) in [7, 11) is 0. The van der Waals surface area contributed by atoms with E-state index in [1.165, 1.54) is 24.3 Å². The van der Waals surface area contributed by atoms with Crippen molar-refractivity contribution in [3.63, 3.8) is 0 Å². The standard InChI is InChI=1S/C19H17FN2O3/c20-8-9-1-3-10(4-2-9)17(23)21-22-18(24)15-11-5-6-12(14-7-13(11)14)16(15)19(22)25/h1-6,11-16H,7-8H2,(H,21,23). The number of hydrogen-bond donors (Lipinski definition) is 1. The number of hydrazine groups is 1. The SMILES string of the molecule is O=C(NN1C(=O)C2C3C=CC(C4CC34)C2C1=O)c1ccc(CF)cc1. The van der Waals surface area contributed by atoms with Crippen molar-refractivity contribution in [2.24, 2.45) is 35.5 Å². The van der Waals surface area contributed by atoms with Gasteiger partial charge in [-0.2, -0.15) is 5.01 Å². The first-order valence-electron chi connectivity index (χ1n) is 8.62. The van der Waals surface area contributed by atoms with Crippen molar-refractivity contribution in [1.29, 1.82) is 0 Å². The Morgan fingerprint density at radius 2 is 1.60 bits per heavy atom. The number of imide groups is 1. The number of benzene rings is 1. The average Bonchev–Trinajstić information content (AvgIpc) is 3.43. The molecule has 2 bridgehead atoms. The Kier molecular flexibility index (Phi) is 2.96. The van der Waals surface area contributed by atoms with Crippen molar-refractivity contribution in [3.8, 4) is 0 Å². The molecule has 6 unspecified atom stereocenters. The van der Waals surface area contributed by atoms with Crippen LogP contribution in [-0.4, -0.2) is 22.7 Å². The van der Waals surface area contributed by atoms with E-state index < -0.39 is 12.6 Å². The van der Waals surface area contributed by atoms with Gasteiger partial charge in [0, 0.05) is 5.56 Å². The Bertz CT molecular complexity index is 782. The number of nitrogens with zero attached hydrogens (tertiary/aromatic N) is 1. The fraction of sp³-hybridized carbons (Fsp3) is 0.421. The van der Waals surface area contributed by atoms with E-state index in [2.05, 4.69) is 17.6 Å².